The Morgan fingerprint density at radius 2 is 1.49 bits per heavy atom. The van der Waals surface area contributed by atoms with Gasteiger partial charge in [0.05, 0.1) is 24.1 Å². The van der Waals surface area contributed by atoms with E-state index in [2.05, 4.69) is 5.32 Å². The van der Waals surface area contributed by atoms with Gasteiger partial charge in [-0.25, -0.2) is 14.4 Å². The maximum Gasteiger partial charge on any atom is -0.693 e. The van der Waals surface area contributed by atoms with Crippen LogP contribution in [0.4, 0.5) is 4.79 Å². The number of ketones is 1. The van der Waals surface area contributed by atoms with Crippen molar-refractivity contribution in [1.29, 1.82) is 0 Å². The molecule has 11 atom stereocenters. The number of esters is 4. The van der Waals surface area contributed by atoms with Gasteiger partial charge in [0.1, 0.15) is 29.5 Å². The second-order valence-corrected chi connectivity index (χ2v) is 21.6. The number of nitrogens with one attached hydrogen (secondary N) is 1. The van der Waals surface area contributed by atoms with Gasteiger partial charge in [0.25, 0.3) is 0 Å². The molecule has 1 heterocycles. The summed E-state index contributed by atoms with van der Waals surface area (Å²) in [6.45, 7) is 12.0. The smallest absolute Gasteiger partial charge is 0.693 e. The third-order valence-corrected chi connectivity index (χ3v) is 13.2. The standard InChI is InChI=1S/C45H53NO14.2ClH.2H2N.Pt/c1-23-29(57-39(52)33(49)32(26-15-11-9-12-16-26)46-40(53)60-41(4,5)6)21-45(54)37(58-38(51)27-17-13-10-14-18-27)35-43(36(50)34(56-24(2)47)31(23)42(45,7)8)20-28(43)19-30-44(35,22-55-30)59-25(3)48;;;;;/h9-18,28-30,32-35,37,49,54H,19-22H2,1-8H3,(H,46,53);2*1H;2*1H2;/q;;;2*-1;+4/p-2/t28?,29-,30+,32-,33+,34+,35-,37-,43+,44-,45+;;;;;/m0...../s1. The number of benzene rings is 2. The Kier molecular flexibility index (Phi) is 16.6. The van der Waals surface area contributed by atoms with Gasteiger partial charge in [0.15, 0.2) is 23.6 Å². The summed E-state index contributed by atoms with van der Waals surface area (Å²) in [5.74, 6) is -5.65. The van der Waals surface area contributed by atoms with Gasteiger partial charge >= 0.3 is 65.3 Å². The molecular formula is C45H57Cl2N3O14Pt. The summed E-state index contributed by atoms with van der Waals surface area (Å²) < 4.78 is 36.0. The molecule has 2 aromatic carbocycles. The molecule has 2 bridgehead atoms. The van der Waals surface area contributed by atoms with Gasteiger partial charge in [0.2, 0.25) is 0 Å². The van der Waals surface area contributed by atoms with E-state index in [4.69, 9.17) is 47.3 Å². The fourth-order valence-electron chi connectivity index (χ4n) is 10.4. The van der Waals surface area contributed by atoms with Gasteiger partial charge in [-0.15, -0.1) is 0 Å². The molecule has 7 N–H and O–H groups in total. The van der Waals surface area contributed by atoms with Crippen molar-refractivity contribution in [2.45, 2.75) is 128 Å². The van der Waals surface area contributed by atoms with Crippen LogP contribution in [0.15, 0.2) is 71.8 Å². The van der Waals surface area contributed by atoms with Crippen molar-refractivity contribution in [1.82, 2.24) is 5.32 Å². The van der Waals surface area contributed by atoms with Crippen LogP contribution >= 0.6 is 18.8 Å². The molecule has 3 saturated carbocycles. The summed E-state index contributed by atoms with van der Waals surface area (Å²) in [5.41, 5.74) is -6.79. The van der Waals surface area contributed by atoms with Crippen LogP contribution in [0.5, 0.6) is 0 Å². The van der Waals surface area contributed by atoms with E-state index >= 15 is 4.79 Å². The van der Waals surface area contributed by atoms with Crippen LogP contribution in [-0.4, -0.2) is 99.9 Å². The van der Waals surface area contributed by atoms with Gasteiger partial charge in [-0.3, -0.25) is 14.4 Å². The SMILES string of the molecule is CC(=O)O[C@H]1C(=O)[C@]23CC2C[C@H]2OC[C@@]2(OC(C)=O)[C@H]3[C@H](OC(=O)c2ccccc2)[C@]2(O)C[C@H](OC(=O)[C@H](O)[C@@H](NC(=O)OC(C)(C)C)c3ccccc3)C(C)=C1C2(C)C.[Cl][Pt+2][Cl].[NH2-].[NH2-]. The molecule has 17 nitrogen and oxygen atoms in total. The van der Waals surface area contributed by atoms with Crippen LogP contribution in [0.3, 0.4) is 0 Å². The number of nitrogens with two attached hydrogens (primary N) is 2. The normalized spacial score (nSPS) is 31.1. The molecule has 2 aromatic rings. The summed E-state index contributed by atoms with van der Waals surface area (Å²) in [5, 5.41) is 27.9. The third kappa shape index (κ3) is 9.90. The molecule has 360 valence electrons. The zero-order chi connectivity index (χ0) is 46.4. The molecule has 1 saturated heterocycles. The first kappa shape index (κ1) is 53.7. The van der Waals surface area contributed by atoms with Crippen molar-refractivity contribution >= 4 is 54.6 Å². The van der Waals surface area contributed by atoms with E-state index in [1.807, 2.05) is 0 Å². The minimum atomic E-state index is -2.25. The number of carbonyl (C=O) groups is 6. The number of hydrogen-bond donors (Lipinski definition) is 3. The number of aliphatic hydroxyl groups is 2. The molecular weight excluding hydrogens is 1070 g/mol. The fourth-order valence-corrected chi connectivity index (χ4v) is 10.4. The minimum Gasteiger partial charge on any atom is -0.693 e. The number of Topliss-reactive ketones (excluding diaryl/α,β-unsaturated/α-hetero) is 1. The van der Waals surface area contributed by atoms with Crippen molar-refractivity contribution < 1.29 is 83.9 Å². The Morgan fingerprint density at radius 1 is 0.908 bits per heavy atom. The van der Waals surface area contributed by atoms with E-state index in [1.165, 1.54) is 19.1 Å². The number of carbonyl (C=O) groups excluding carboxylic acids is 6. The molecule has 1 aliphatic heterocycles. The first-order chi connectivity index (χ1) is 29.5. The van der Waals surface area contributed by atoms with Gasteiger partial charge in [0, 0.05) is 31.1 Å². The maximum atomic E-state index is 15.4. The van der Waals surface area contributed by atoms with Crippen molar-refractivity contribution in [2.24, 2.45) is 22.7 Å². The third-order valence-electron chi connectivity index (χ3n) is 13.2. The predicted molar refractivity (Wildman–Crippen MR) is 232 cm³/mol. The Bertz CT molecular complexity index is 2160. The predicted octanol–water partition coefficient (Wildman–Crippen LogP) is 7.28. The molecule has 1 unspecified atom stereocenters. The van der Waals surface area contributed by atoms with Crippen molar-refractivity contribution in [2.75, 3.05) is 6.61 Å². The van der Waals surface area contributed by atoms with Gasteiger partial charge in [-0.1, -0.05) is 62.4 Å². The summed E-state index contributed by atoms with van der Waals surface area (Å²) in [4.78, 5) is 82.8. The molecule has 1 spiro atoms. The monoisotopic (exact) mass is 1130 g/mol. The van der Waals surface area contributed by atoms with Gasteiger partial charge in [-0.2, -0.15) is 0 Å². The summed E-state index contributed by atoms with van der Waals surface area (Å²) in [6.07, 6.45) is -8.18. The Hall–Kier alpha value is -3.93. The van der Waals surface area contributed by atoms with E-state index in [9.17, 15) is 34.2 Å². The summed E-state index contributed by atoms with van der Waals surface area (Å²) in [7, 11) is 9.75. The zero-order valence-electron chi connectivity index (χ0n) is 37.2. The van der Waals surface area contributed by atoms with Crippen LogP contribution in [0.1, 0.15) is 96.6 Å². The van der Waals surface area contributed by atoms with Crippen LogP contribution < -0.4 is 5.32 Å². The largest absolute Gasteiger partial charge is 0.693 e. The second-order valence-electron chi connectivity index (χ2n) is 18.3. The summed E-state index contributed by atoms with van der Waals surface area (Å²) in [6, 6.07) is 14.9. The average molecular weight is 1130 g/mol. The van der Waals surface area contributed by atoms with Crippen molar-refractivity contribution in [3.05, 3.63) is 95.2 Å². The number of amides is 1. The van der Waals surface area contributed by atoms with E-state index in [0.717, 1.165) is 6.92 Å². The quantitative estimate of drug-likeness (QED) is 0.126. The van der Waals surface area contributed by atoms with Crippen LogP contribution in [0.25, 0.3) is 12.3 Å². The maximum absolute atomic E-state index is 15.4. The van der Waals surface area contributed by atoms with Gasteiger partial charge < -0.3 is 56.3 Å². The minimum absolute atomic E-state index is 0. The van der Waals surface area contributed by atoms with Crippen LogP contribution in [0.2, 0.25) is 0 Å². The number of ether oxygens (including phenoxy) is 6. The summed E-state index contributed by atoms with van der Waals surface area (Å²) >= 11 is -0.472. The number of alkyl carbamates (subject to hydrolysis) is 1. The van der Waals surface area contributed by atoms with E-state index in [0.29, 0.717) is 12.0 Å². The molecule has 20 heteroatoms. The fraction of sp³-hybridized carbons (Fsp3) is 0.556. The van der Waals surface area contributed by atoms with Crippen LogP contribution in [0, 0.1) is 22.7 Å². The Labute approximate surface area is 394 Å². The molecule has 1 amide bonds. The second kappa shape index (κ2) is 20.1. The van der Waals surface area contributed by atoms with Crippen LogP contribution in [-0.2, 0) is 64.1 Å². The Balaban J connectivity index is 0.00000180. The molecule has 4 fully saturated rings. The molecule has 4 aliphatic carbocycles. The van der Waals surface area contributed by atoms with E-state index < -0.39 is 129 Å². The number of fused-ring (bicyclic) bond motifs is 4. The molecule has 65 heavy (non-hydrogen) atoms. The van der Waals surface area contributed by atoms with E-state index in [1.54, 1.807) is 90.1 Å². The van der Waals surface area contributed by atoms with Gasteiger partial charge in [-0.05, 0) is 75.3 Å². The first-order valence-electron chi connectivity index (χ1n) is 20.5. The average Bonchev–Trinajstić information content (AvgIpc) is 3.93. The topological polar surface area (TPSA) is 277 Å². The number of halogens is 2. The van der Waals surface area contributed by atoms with Crippen molar-refractivity contribution in [3.8, 4) is 0 Å². The van der Waals surface area contributed by atoms with Crippen molar-refractivity contribution in [3.63, 3.8) is 0 Å². The number of hydrogen-bond acceptors (Lipinski definition) is 14. The zero-order valence-corrected chi connectivity index (χ0v) is 41.0. The number of aliphatic hydroxyl groups excluding tert-OH is 1. The first-order valence-corrected chi connectivity index (χ1v) is 26.1. The Morgan fingerprint density at radius 3 is 2.02 bits per heavy atom. The number of rotatable bonds is 9. The molecule has 0 radical (unpaired) electrons. The molecule has 7 rings (SSSR count). The molecule has 0 aromatic heterocycles. The molecule has 5 aliphatic rings. The van der Waals surface area contributed by atoms with E-state index in [-0.39, 0.29) is 48.0 Å².